The van der Waals surface area contributed by atoms with E-state index in [9.17, 15) is 10.2 Å². The van der Waals surface area contributed by atoms with Gasteiger partial charge in [-0.2, -0.15) is 0 Å². The van der Waals surface area contributed by atoms with E-state index in [1.54, 1.807) is 0 Å². The molecular formula is C24H16O2. The van der Waals surface area contributed by atoms with Crippen molar-refractivity contribution in [3.63, 3.8) is 0 Å². The molecule has 0 aliphatic carbocycles. The predicted octanol–water partition coefficient (Wildman–Crippen LogP) is 6.22. The van der Waals surface area contributed by atoms with Crippen LogP contribution in [-0.2, 0) is 0 Å². The van der Waals surface area contributed by atoms with Crippen molar-refractivity contribution >= 4 is 32.3 Å². The zero-order chi connectivity index (χ0) is 17.7. The zero-order valence-electron chi connectivity index (χ0n) is 14.0. The lowest BCUT2D eigenvalue weighted by atomic mass is 9.93. The SMILES string of the molecule is Oc1c2ccccc2c(O)c2c(-c3ccc4ccccc4c3)cccc12. The van der Waals surface area contributed by atoms with Gasteiger partial charge in [0.25, 0.3) is 0 Å². The maximum absolute atomic E-state index is 11.0. The van der Waals surface area contributed by atoms with Crippen LogP contribution >= 0.6 is 0 Å². The molecule has 5 aromatic carbocycles. The minimum Gasteiger partial charge on any atom is -0.507 e. The zero-order valence-corrected chi connectivity index (χ0v) is 14.0. The monoisotopic (exact) mass is 336 g/mol. The molecule has 2 N–H and O–H groups in total. The number of phenolic OH excluding ortho intramolecular Hbond substituents is 2. The molecule has 0 radical (unpaired) electrons. The molecular weight excluding hydrogens is 320 g/mol. The molecule has 0 spiro atoms. The number of benzene rings is 5. The predicted molar refractivity (Wildman–Crippen MR) is 108 cm³/mol. The normalized spacial score (nSPS) is 11.4. The van der Waals surface area contributed by atoms with Crippen molar-refractivity contribution in [1.82, 2.24) is 0 Å². The maximum Gasteiger partial charge on any atom is 0.132 e. The van der Waals surface area contributed by atoms with E-state index in [-0.39, 0.29) is 11.5 Å². The van der Waals surface area contributed by atoms with E-state index < -0.39 is 0 Å². The van der Waals surface area contributed by atoms with E-state index in [1.165, 1.54) is 5.39 Å². The van der Waals surface area contributed by atoms with Crippen molar-refractivity contribution in [1.29, 1.82) is 0 Å². The number of aromatic hydroxyl groups is 2. The molecule has 5 rings (SSSR count). The van der Waals surface area contributed by atoms with Gasteiger partial charge in [-0.05, 0) is 28.0 Å². The van der Waals surface area contributed by atoms with Gasteiger partial charge < -0.3 is 10.2 Å². The van der Waals surface area contributed by atoms with Crippen LogP contribution in [0.3, 0.4) is 0 Å². The third-order valence-corrected chi connectivity index (χ3v) is 5.05. The van der Waals surface area contributed by atoms with Crippen LogP contribution < -0.4 is 0 Å². The van der Waals surface area contributed by atoms with Crippen LogP contribution in [0.5, 0.6) is 11.5 Å². The molecule has 0 saturated heterocycles. The van der Waals surface area contributed by atoms with Crippen molar-refractivity contribution in [3.05, 3.63) is 84.9 Å². The first-order valence-corrected chi connectivity index (χ1v) is 8.58. The molecule has 124 valence electrons. The second kappa shape index (κ2) is 5.50. The Balaban J connectivity index is 1.91. The largest absolute Gasteiger partial charge is 0.507 e. The lowest BCUT2D eigenvalue weighted by Gasteiger charge is -2.14. The number of phenols is 2. The third kappa shape index (κ3) is 2.06. The Morgan fingerprint density at radius 1 is 0.500 bits per heavy atom. The number of hydrogen-bond donors (Lipinski definition) is 2. The highest BCUT2D eigenvalue weighted by molar-refractivity contribution is 6.15. The minimum atomic E-state index is 0.205. The molecule has 0 heterocycles. The fourth-order valence-electron chi connectivity index (χ4n) is 3.78. The van der Waals surface area contributed by atoms with E-state index in [2.05, 4.69) is 30.3 Å². The molecule has 0 aliphatic rings. The van der Waals surface area contributed by atoms with Gasteiger partial charge in [0, 0.05) is 21.5 Å². The Hall–Kier alpha value is -3.52. The molecule has 0 fully saturated rings. The standard InChI is InChI=1S/C24H16O2/c25-23-19-8-3-4-9-20(19)24(26)22-18(10-5-11-21(22)23)17-13-12-15-6-1-2-7-16(15)14-17/h1-14,25-26H. The summed E-state index contributed by atoms with van der Waals surface area (Å²) in [6, 6.07) is 27.6. The van der Waals surface area contributed by atoms with Crippen molar-refractivity contribution in [2.75, 3.05) is 0 Å². The summed E-state index contributed by atoms with van der Waals surface area (Å²) in [5.74, 6) is 0.410. The Labute approximate surface area is 150 Å². The summed E-state index contributed by atoms with van der Waals surface area (Å²) in [6.07, 6.45) is 0. The first-order chi connectivity index (χ1) is 12.7. The number of hydrogen-bond acceptors (Lipinski definition) is 2. The van der Waals surface area contributed by atoms with E-state index in [0.717, 1.165) is 16.5 Å². The first kappa shape index (κ1) is 14.8. The molecule has 2 nitrogen and oxygen atoms in total. The summed E-state index contributed by atoms with van der Waals surface area (Å²) < 4.78 is 0. The smallest absolute Gasteiger partial charge is 0.132 e. The molecule has 0 aliphatic heterocycles. The summed E-state index contributed by atoms with van der Waals surface area (Å²) >= 11 is 0. The third-order valence-electron chi connectivity index (χ3n) is 5.05. The van der Waals surface area contributed by atoms with Gasteiger partial charge >= 0.3 is 0 Å². The molecule has 0 bridgehead atoms. The maximum atomic E-state index is 11.0. The lowest BCUT2D eigenvalue weighted by Crippen LogP contribution is -1.86. The topological polar surface area (TPSA) is 40.5 Å². The van der Waals surface area contributed by atoms with Crippen LogP contribution in [0, 0.1) is 0 Å². The fourth-order valence-corrected chi connectivity index (χ4v) is 3.78. The highest BCUT2D eigenvalue weighted by Crippen LogP contribution is 2.45. The second-order valence-electron chi connectivity index (χ2n) is 6.53. The van der Waals surface area contributed by atoms with Gasteiger partial charge in [-0.3, -0.25) is 0 Å². The molecule has 0 amide bonds. The highest BCUT2D eigenvalue weighted by atomic mass is 16.3. The summed E-state index contributed by atoms with van der Waals surface area (Å²) in [6.45, 7) is 0. The number of fused-ring (bicyclic) bond motifs is 3. The van der Waals surface area contributed by atoms with E-state index >= 15 is 0 Å². The Morgan fingerprint density at radius 2 is 1.15 bits per heavy atom. The Morgan fingerprint density at radius 3 is 1.96 bits per heavy atom. The average Bonchev–Trinajstić information content (AvgIpc) is 2.71. The van der Waals surface area contributed by atoms with Crippen LogP contribution in [-0.4, -0.2) is 10.2 Å². The van der Waals surface area contributed by atoms with Gasteiger partial charge in [0.1, 0.15) is 11.5 Å². The fraction of sp³-hybridized carbons (Fsp3) is 0. The summed E-state index contributed by atoms with van der Waals surface area (Å²) in [5, 5.41) is 26.7. The first-order valence-electron chi connectivity index (χ1n) is 8.58. The lowest BCUT2D eigenvalue weighted by molar-refractivity contribution is 0.478. The Bertz CT molecular complexity index is 1300. The van der Waals surface area contributed by atoms with Gasteiger partial charge in [0.05, 0.1) is 0 Å². The molecule has 5 aromatic rings. The van der Waals surface area contributed by atoms with Gasteiger partial charge in [-0.1, -0.05) is 78.9 Å². The summed E-state index contributed by atoms with van der Waals surface area (Å²) in [5.41, 5.74) is 1.92. The van der Waals surface area contributed by atoms with Crippen LogP contribution in [0.4, 0.5) is 0 Å². The molecule has 0 atom stereocenters. The van der Waals surface area contributed by atoms with E-state index in [1.807, 2.05) is 54.6 Å². The average molecular weight is 336 g/mol. The van der Waals surface area contributed by atoms with E-state index in [0.29, 0.717) is 21.5 Å². The van der Waals surface area contributed by atoms with Gasteiger partial charge in [-0.25, -0.2) is 0 Å². The summed E-state index contributed by atoms with van der Waals surface area (Å²) in [7, 11) is 0. The van der Waals surface area contributed by atoms with E-state index in [4.69, 9.17) is 0 Å². The van der Waals surface area contributed by atoms with Crippen LogP contribution in [0.25, 0.3) is 43.4 Å². The molecule has 0 saturated carbocycles. The Kier molecular flexibility index (Phi) is 3.13. The highest BCUT2D eigenvalue weighted by Gasteiger charge is 2.16. The van der Waals surface area contributed by atoms with Crippen LogP contribution in [0.15, 0.2) is 84.9 Å². The van der Waals surface area contributed by atoms with Gasteiger partial charge in [0.2, 0.25) is 0 Å². The molecule has 0 aromatic heterocycles. The van der Waals surface area contributed by atoms with Crippen LogP contribution in [0.2, 0.25) is 0 Å². The molecule has 26 heavy (non-hydrogen) atoms. The number of rotatable bonds is 1. The molecule has 2 heteroatoms. The van der Waals surface area contributed by atoms with Crippen LogP contribution in [0.1, 0.15) is 0 Å². The molecule has 0 unspecified atom stereocenters. The van der Waals surface area contributed by atoms with Crippen molar-refractivity contribution in [2.24, 2.45) is 0 Å². The summed E-state index contributed by atoms with van der Waals surface area (Å²) in [4.78, 5) is 0. The van der Waals surface area contributed by atoms with Crippen molar-refractivity contribution in [3.8, 4) is 22.6 Å². The second-order valence-corrected chi connectivity index (χ2v) is 6.53. The quantitative estimate of drug-likeness (QED) is 0.281. The van der Waals surface area contributed by atoms with Gasteiger partial charge in [-0.15, -0.1) is 0 Å². The minimum absolute atomic E-state index is 0.205. The van der Waals surface area contributed by atoms with Crippen molar-refractivity contribution < 1.29 is 10.2 Å². The van der Waals surface area contributed by atoms with Gasteiger partial charge in [0.15, 0.2) is 0 Å². The van der Waals surface area contributed by atoms with Crippen molar-refractivity contribution in [2.45, 2.75) is 0 Å².